The first-order chi connectivity index (χ1) is 19.0. The molecular formula is C26H22F2N6O4S. The lowest BCUT2D eigenvalue weighted by Gasteiger charge is -2.30. The highest BCUT2D eigenvalue weighted by molar-refractivity contribution is 7.99. The van der Waals surface area contributed by atoms with Gasteiger partial charge in [-0.15, -0.1) is 0 Å². The number of halogens is 2. The number of amides is 2. The molecule has 0 spiro atoms. The summed E-state index contributed by atoms with van der Waals surface area (Å²) in [5.41, 5.74) is 1.92. The number of alkyl halides is 2. The van der Waals surface area contributed by atoms with E-state index < -0.39 is 24.7 Å². The summed E-state index contributed by atoms with van der Waals surface area (Å²) in [4.78, 5) is 34.5. The molecule has 39 heavy (non-hydrogen) atoms. The summed E-state index contributed by atoms with van der Waals surface area (Å²) in [6.45, 7) is -1.37. The van der Waals surface area contributed by atoms with Crippen LogP contribution in [0.4, 0.5) is 13.6 Å². The normalized spacial score (nSPS) is 15.3. The van der Waals surface area contributed by atoms with Crippen LogP contribution in [0.5, 0.6) is 5.75 Å². The molecule has 3 heterocycles. The van der Waals surface area contributed by atoms with Crippen LogP contribution < -0.4 is 15.4 Å². The smallest absolute Gasteiger partial charge is 0.387 e. The van der Waals surface area contributed by atoms with E-state index in [0.29, 0.717) is 16.1 Å². The first-order valence-electron chi connectivity index (χ1n) is 11.8. The molecule has 1 aliphatic rings. The van der Waals surface area contributed by atoms with Crippen molar-refractivity contribution in [1.29, 1.82) is 0 Å². The van der Waals surface area contributed by atoms with Crippen molar-refractivity contribution in [2.45, 2.75) is 24.6 Å². The number of rotatable bonds is 9. The fourth-order valence-electron chi connectivity index (χ4n) is 4.17. The van der Waals surface area contributed by atoms with Crippen molar-refractivity contribution in [3.05, 3.63) is 84.0 Å². The Hall–Kier alpha value is -4.52. The average Bonchev–Trinajstić information content (AvgIpc) is 3.37. The molecule has 2 aromatic heterocycles. The highest BCUT2D eigenvalue weighted by Gasteiger charge is 2.35. The van der Waals surface area contributed by atoms with Crippen molar-refractivity contribution in [1.82, 2.24) is 30.4 Å². The molecular weight excluding hydrogens is 530 g/mol. The van der Waals surface area contributed by atoms with Crippen molar-refractivity contribution in [2.75, 3.05) is 12.4 Å². The van der Waals surface area contributed by atoms with E-state index in [2.05, 4.69) is 30.4 Å². The van der Waals surface area contributed by atoms with Gasteiger partial charge in [0.25, 0.3) is 0 Å². The van der Waals surface area contributed by atoms with Crippen LogP contribution in [0.3, 0.4) is 0 Å². The Morgan fingerprint density at radius 3 is 2.67 bits per heavy atom. The number of carbonyl (C=O) groups excluding carboxylic acids is 2. The van der Waals surface area contributed by atoms with Crippen LogP contribution in [0.2, 0.25) is 0 Å². The fraction of sp³-hybridized carbons (Fsp3) is 0.192. The zero-order chi connectivity index (χ0) is 27.4. The number of hydrogen-bond acceptors (Lipinski definition) is 8. The molecule has 13 heteroatoms. The van der Waals surface area contributed by atoms with Gasteiger partial charge in [0.2, 0.25) is 0 Å². The van der Waals surface area contributed by atoms with Crippen LogP contribution in [0.15, 0.2) is 83.4 Å². The highest BCUT2D eigenvalue weighted by atomic mass is 32.2. The maximum atomic E-state index is 13.1. The van der Waals surface area contributed by atoms with E-state index in [1.54, 1.807) is 23.9 Å². The largest absolute Gasteiger partial charge is 0.463 e. The van der Waals surface area contributed by atoms with Gasteiger partial charge in [-0.3, -0.25) is 0 Å². The number of nitrogens with one attached hydrogen (secondary N) is 2. The lowest BCUT2D eigenvalue weighted by atomic mass is 9.95. The lowest BCUT2D eigenvalue weighted by molar-refractivity contribution is -0.139. The molecule has 2 N–H and O–H groups in total. The quantitative estimate of drug-likeness (QED) is 0.178. The fourth-order valence-corrected chi connectivity index (χ4v) is 5.10. The highest BCUT2D eigenvalue weighted by Crippen LogP contribution is 2.36. The van der Waals surface area contributed by atoms with E-state index in [9.17, 15) is 18.4 Å². The minimum Gasteiger partial charge on any atom is -0.463 e. The van der Waals surface area contributed by atoms with E-state index in [1.807, 2.05) is 30.3 Å². The van der Waals surface area contributed by atoms with E-state index >= 15 is 0 Å². The van der Waals surface area contributed by atoms with Gasteiger partial charge in [-0.05, 0) is 25.1 Å². The Balaban J connectivity index is 1.52. The minimum atomic E-state index is -3.09. The molecule has 2 aromatic carbocycles. The third-order valence-electron chi connectivity index (χ3n) is 5.78. The summed E-state index contributed by atoms with van der Waals surface area (Å²) in [7, 11) is 0. The third-order valence-corrected chi connectivity index (χ3v) is 6.81. The van der Waals surface area contributed by atoms with Gasteiger partial charge in [-0.2, -0.15) is 13.9 Å². The first-order valence-corrected chi connectivity index (χ1v) is 12.8. The van der Waals surface area contributed by atoms with Gasteiger partial charge in [0, 0.05) is 17.0 Å². The Morgan fingerprint density at radius 2 is 1.90 bits per heavy atom. The zero-order valence-corrected chi connectivity index (χ0v) is 21.3. The SMILES string of the molecule is CCOC(=O)C1=C(CSc2ncnc3c2cnn3-c2ccccc2)NC(=O)N[C@@H]1c1ccccc1OC(F)F. The van der Waals surface area contributed by atoms with Crippen LogP contribution in [-0.4, -0.2) is 50.7 Å². The summed E-state index contributed by atoms with van der Waals surface area (Å²) < 4.78 is 37.8. The molecule has 0 radical (unpaired) electrons. The van der Waals surface area contributed by atoms with E-state index in [0.717, 1.165) is 5.69 Å². The molecule has 0 saturated carbocycles. The predicted molar refractivity (Wildman–Crippen MR) is 139 cm³/mol. The molecule has 1 aliphatic heterocycles. The minimum absolute atomic E-state index is 0.0690. The molecule has 1 atom stereocenters. The van der Waals surface area contributed by atoms with Crippen LogP contribution >= 0.6 is 11.8 Å². The second-order valence-electron chi connectivity index (χ2n) is 8.16. The van der Waals surface area contributed by atoms with Gasteiger partial charge >= 0.3 is 18.6 Å². The number of nitrogens with zero attached hydrogens (tertiary/aromatic N) is 4. The molecule has 0 fully saturated rings. The van der Waals surface area contributed by atoms with Gasteiger partial charge in [0.05, 0.1) is 35.5 Å². The van der Waals surface area contributed by atoms with Crippen molar-refractivity contribution < 1.29 is 27.8 Å². The topological polar surface area (TPSA) is 120 Å². The first kappa shape index (κ1) is 26.1. The third kappa shape index (κ3) is 5.53. The Bertz CT molecular complexity index is 1550. The van der Waals surface area contributed by atoms with Crippen molar-refractivity contribution in [3.8, 4) is 11.4 Å². The number of fused-ring (bicyclic) bond motifs is 1. The number of urea groups is 1. The second-order valence-corrected chi connectivity index (χ2v) is 9.12. The number of hydrogen-bond donors (Lipinski definition) is 2. The molecule has 0 aliphatic carbocycles. The Labute approximate surface area is 225 Å². The van der Waals surface area contributed by atoms with Crippen molar-refractivity contribution in [3.63, 3.8) is 0 Å². The average molecular weight is 553 g/mol. The number of aromatic nitrogens is 4. The Morgan fingerprint density at radius 1 is 1.13 bits per heavy atom. The molecule has 5 rings (SSSR count). The summed E-state index contributed by atoms with van der Waals surface area (Å²) in [5, 5.41) is 11.0. The van der Waals surface area contributed by atoms with Crippen molar-refractivity contribution in [2.24, 2.45) is 0 Å². The Kier molecular flexibility index (Phi) is 7.68. The summed E-state index contributed by atoms with van der Waals surface area (Å²) in [5.74, 6) is -0.764. The van der Waals surface area contributed by atoms with Crippen molar-refractivity contribution >= 4 is 34.8 Å². The molecule has 2 amide bonds. The number of esters is 1. The van der Waals surface area contributed by atoms with Crippen LogP contribution in [0.25, 0.3) is 16.7 Å². The van der Waals surface area contributed by atoms with Gasteiger partial charge in [-0.25, -0.2) is 24.2 Å². The number of carbonyl (C=O) groups is 2. The molecule has 0 bridgehead atoms. The summed E-state index contributed by atoms with van der Waals surface area (Å²) in [6.07, 6.45) is 3.06. The van der Waals surface area contributed by atoms with Crippen LogP contribution in [-0.2, 0) is 9.53 Å². The number of ether oxygens (including phenoxy) is 2. The lowest BCUT2D eigenvalue weighted by Crippen LogP contribution is -2.46. The zero-order valence-electron chi connectivity index (χ0n) is 20.5. The van der Waals surface area contributed by atoms with Crippen LogP contribution in [0.1, 0.15) is 18.5 Å². The molecule has 0 saturated heterocycles. The summed E-state index contributed by atoms with van der Waals surface area (Å²) >= 11 is 1.25. The maximum Gasteiger partial charge on any atom is 0.387 e. The van der Waals surface area contributed by atoms with Gasteiger partial charge in [0.1, 0.15) is 17.1 Å². The van der Waals surface area contributed by atoms with E-state index in [4.69, 9.17) is 4.74 Å². The van der Waals surface area contributed by atoms with Crippen LogP contribution in [0, 0.1) is 0 Å². The molecule has 10 nitrogen and oxygen atoms in total. The van der Waals surface area contributed by atoms with Gasteiger partial charge in [0.15, 0.2) is 5.65 Å². The van der Waals surface area contributed by atoms with E-state index in [-0.39, 0.29) is 34.9 Å². The predicted octanol–water partition coefficient (Wildman–Crippen LogP) is 4.38. The number of para-hydroxylation sites is 2. The molecule has 0 unspecified atom stereocenters. The summed E-state index contributed by atoms with van der Waals surface area (Å²) in [6, 6.07) is 13.8. The number of thioether (sulfide) groups is 1. The molecule has 4 aromatic rings. The van der Waals surface area contributed by atoms with Gasteiger partial charge in [-0.1, -0.05) is 48.2 Å². The van der Waals surface area contributed by atoms with Gasteiger partial charge < -0.3 is 20.1 Å². The number of benzene rings is 2. The monoisotopic (exact) mass is 552 g/mol. The van der Waals surface area contributed by atoms with E-state index in [1.165, 1.54) is 36.3 Å². The molecule has 200 valence electrons. The standard InChI is InChI=1S/C26H22F2N6O4S/c1-2-37-24(35)20-18(32-26(36)33-21(20)16-10-6-7-11-19(16)38-25(27)28)13-39-23-17-12-31-34(22(17)29-14-30-23)15-8-4-3-5-9-15/h3-12,14,21,25H,2,13H2,1H3,(H2,32,33,36)/t21-/m1/s1. The maximum absolute atomic E-state index is 13.1. The second kappa shape index (κ2) is 11.5.